The van der Waals surface area contributed by atoms with Crippen LogP contribution in [0.25, 0.3) is 0 Å². The molecule has 0 saturated carbocycles. The van der Waals surface area contributed by atoms with Gasteiger partial charge in [-0.1, -0.05) is 19.1 Å². The fraction of sp³-hybridized carbons (Fsp3) is 0.500. The van der Waals surface area contributed by atoms with Gasteiger partial charge in [0.25, 0.3) is 0 Å². The van der Waals surface area contributed by atoms with E-state index in [9.17, 15) is 4.79 Å². The molecule has 2 N–H and O–H groups in total. The predicted molar refractivity (Wildman–Crippen MR) is 75.7 cm³/mol. The number of hydrogen-bond acceptors (Lipinski definition) is 3. The zero-order valence-electron chi connectivity index (χ0n) is 11.6. The topological polar surface area (TPSA) is 59.6 Å². The molecule has 2 amide bonds. The van der Waals surface area contributed by atoms with E-state index in [4.69, 9.17) is 9.47 Å². The van der Waals surface area contributed by atoms with E-state index in [0.717, 1.165) is 12.8 Å². The van der Waals surface area contributed by atoms with Crippen molar-refractivity contribution in [1.82, 2.24) is 5.32 Å². The summed E-state index contributed by atoms with van der Waals surface area (Å²) in [5.74, 6) is 0.691. The number of benzene rings is 1. The minimum atomic E-state index is -0.233. The number of carbonyl (C=O) groups excluding carboxylic acids is 1. The molecule has 19 heavy (non-hydrogen) atoms. The zero-order chi connectivity index (χ0) is 13.9. The van der Waals surface area contributed by atoms with E-state index in [1.807, 2.05) is 31.2 Å². The average Bonchev–Trinajstić information content (AvgIpc) is 2.43. The Hall–Kier alpha value is -1.75. The van der Waals surface area contributed by atoms with Crippen LogP contribution in [0.15, 0.2) is 24.3 Å². The molecule has 106 valence electrons. The van der Waals surface area contributed by atoms with Gasteiger partial charge in [-0.15, -0.1) is 0 Å². The van der Waals surface area contributed by atoms with E-state index >= 15 is 0 Å². The summed E-state index contributed by atoms with van der Waals surface area (Å²) in [7, 11) is 1.64. The molecule has 1 aromatic carbocycles. The van der Waals surface area contributed by atoms with Crippen LogP contribution >= 0.6 is 0 Å². The second-order valence-electron chi connectivity index (χ2n) is 4.07. The van der Waals surface area contributed by atoms with Crippen molar-refractivity contribution in [1.29, 1.82) is 0 Å². The molecule has 5 nitrogen and oxygen atoms in total. The third kappa shape index (κ3) is 6.10. The number of carbonyl (C=O) groups is 1. The Morgan fingerprint density at radius 3 is 2.79 bits per heavy atom. The Morgan fingerprint density at radius 1 is 1.26 bits per heavy atom. The first kappa shape index (κ1) is 15.3. The van der Waals surface area contributed by atoms with Crippen LogP contribution in [-0.2, 0) is 4.74 Å². The predicted octanol–water partition coefficient (Wildman–Crippen LogP) is 2.63. The first-order valence-corrected chi connectivity index (χ1v) is 6.53. The van der Waals surface area contributed by atoms with E-state index in [1.165, 1.54) is 0 Å². The van der Waals surface area contributed by atoms with Crippen molar-refractivity contribution >= 4 is 11.7 Å². The molecule has 0 aliphatic heterocycles. The van der Waals surface area contributed by atoms with Gasteiger partial charge in [0, 0.05) is 20.3 Å². The van der Waals surface area contributed by atoms with Gasteiger partial charge in [-0.3, -0.25) is 0 Å². The summed E-state index contributed by atoms with van der Waals surface area (Å²) in [5.41, 5.74) is 0.681. The van der Waals surface area contributed by atoms with Gasteiger partial charge in [-0.05, 0) is 25.0 Å². The molecule has 1 aromatic rings. The van der Waals surface area contributed by atoms with Gasteiger partial charge >= 0.3 is 6.03 Å². The van der Waals surface area contributed by atoms with Crippen LogP contribution in [-0.4, -0.2) is 32.9 Å². The molecule has 0 aromatic heterocycles. The number of nitrogens with one attached hydrogen (secondary N) is 2. The molecule has 0 fully saturated rings. The molecule has 0 atom stereocenters. The van der Waals surface area contributed by atoms with Crippen molar-refractivity contribution in [3.05, 3.63) is 24.3 Å². The van der Waals surface area contributed by atoms with Crippen LogP contribution in [0.1, 0.15) is 19.8 Å². The number of para-hydroxylation sites is 2. The molecule has 0 aliphatic rings. The van der Waals surface area contributed by atoms with Crippen molar-refractivity contribution < 1.29 is 14.3 Å². The van der Waals surface area contributed by atoms with Gasteiger partial charge in [0.2, 0.25) is 0 Å². The Bertz CT molecular complexity index is 383. The van der Waals surface area contributed by atoms with E-state index in [-0.39, 0.29) is 6.03 Å². The van der Waals surface area contributed by atoms with Crippen LogP contribution < -0.4 is 15.4 Å². The minimum absolute atomic E-state index is 0.233. The third-order valence-electron chi connectivity index (χ3n) is 2.41. The summed E-state index contributed by atoms with van der Waals surface area (Å²) < 4.78 is 10.5. The molecule has 1 rings (SSSR count). The lowest BCUT2D eigenvalue weighted by molar-refractivity contribution is 0.194. The summed E-state index contributed by atoms with van der Waals surface area (Å²) in [6, 6.07) is 7.17. The molecular weight excluding hydrogens is 244 g/mol. The van der Waals surface area contributed by atoms with Crippen molar-refractivity contribution in [3.63, 3.8) is 0 Å². The van der Waals surface area contributed by atoms with E-state index in [2.05, 4.69) is 10.6 Å². The van der Waals surface area contributed by atoms with Gasteiger partial charge in [0.15, 0.2) is 0 Å². The number of urea groups is 1. The zero-order valence-corrected chi connectivity index (χ0v) is 11.6. The fourth-order valence-corrected chi connectivity index (χ4v) is 1.49. The molecule has 0 bridgehead atoms. The maximum atomic E-state index is 11.7. The Kier molecular flexibility index (Phi) is 7.43. The van der Waals surface area contributed by atoms with E-state index in [0.29, 0.717) is 31.2 Å². The first-order valence-electron chi connectivity index (χ1n) is 6.53. The SMILES string of the molecule is CCCOc1ccccc1NC(=O)NCCCOC. The maximum Gasteiger partial charge on any atom is 0.319 e. The molecule has 0 radical (unpaired) electrons. The van der Waals surface area contributed by atoms with Gasteiger partial charge in [-0.2, -0.15) is 0 Å². The Labute approximate surface area is 114 Å². The van der Waals surface area contributed by atoms with E-state index < -0.39 is 0 Å². The molecule has 0 aliphatic carbocycles. The number of rotatable bonds is 8. The molecule has 0 unspecified atom stereocenters. The molecule has 0 heterocycles. The second kappa shape index (κ2) is 9.22. The second-order valence-corrected chi connectivity index (χ2v) is 4.07. The highest BCUT2D eigenvalue weighted by molar-refractivity contribution is 5.90. The van der Waals surface area contributed by atoms with Crippen molar-refractivity contribution in [3.8, 4) is 5.75 Å². The largest absolute Gasteiger partial charge is 0.491 e. The van der Waals surface area contributed by atoms with Crippen molar-refractivity contribution in [2.24, 2.45) is 0 Å². The van der Waals surface area contributed by atoms with Crippen molar-refractivity contribution in [2.45, 2.75) is 19.8 Å². The normalized spacial score (nSPS) is 10.0. The summed E-state index contributed by atoms with van der Waals surface area (Å²) in [5, 5.41) is 5.54. The number of ether oxygens (including phenoxy) is 2. The Morgan fingerprint density at radius 2 is 2.05 bits per heavy atom. The van der Waals surface area contributed by atoms with Crippen LogP contribution in [0, 0.1) is 0 Å². The standard InChI is InChI=1S/C14H22N2O3/c1-3-10-19-13-8-5-4-7-12(13)16-14(17)15-9-6-11-18-2/h4-5,7-8H,3,6,9-11H2,1-2H3,(H2,15,16,17). The summed E-state index contributed by atoms with van der Waals surface area (Å²) in [6.07, 6.45) is 1.72. The monoisotopic (exact) mass is 266 g/mol. The fourth-order valence-electron chi connectivity index (χ4n) is 1.49. The van der Waals surface area contributed by atoms with Gasteiger partial charge in [0.1, 0.15) is 5.75 Å². The van der Waals surface area contributed by atoms with Crippen LogP contribution in [0.3, 0.4) is 0 Å². The lowest BCUT2D eigenvalue weighted by Gasteiger charge is -2.12. The summed E-state index contributed by atoms with van der Waals surface area (Å²) in [6.45, 7) is 3.89. The van der Waals surface area contributed by atoms with Gasteiger partial charge in [-0.25, -0.2) is 4.79 Å². The van der Waals surface area contributed by atoms with Crippen LogP contribution in [0.5, 0.6) is 5.75 Å². The minimum Gasteiger partial charge on any atom is -0.491 e. The van der Waals surface area contributed by atoms with Crippen LogP contribution in [0.4, 0.5) is 10.5 Å². The number of anilines is 1. The maximum absolute atomic E-state index is 11.7. The first-order chi connectivity index (χ1) is 9.27. The smallest absolute Gasteiger partial charge is 0.319 e. The molecule has 0 spiro atoms. The number of hydrogen-bond donors (Lipinski definition) is 2. The van der Waals surface area contributed by atoms with Crippen LogP contribution in [0.2, 0.25) is 0 Å². The van der Waals surface area contributed by atoms with E-state index in [1.54, 1.807) is 7.11 Å². The van der Waals surface area contributed by atoms with Gasteiger partial charge in [0.05, 0.1) is 12.3 Å². The Balaban J connectivity index is 2.44. The summed E-state index contributed by atoms with van der Waals surface area (Å²) in [4.78, 5) is 11.7. The van der Waals surface area contributed by atoms with Gasteiger partial charge < -0.3 is 20.1 Å². The summed E-state index contributed by atoms with van der Waals surface area (Å²) >= 11 is 0. The third-order valence-corrected chi connectivity index (χ3v) is 2.41. The lowest BCUT2D eigenvalue weighted by Crippen LogP contribution is -2.30. The average molecular weight is 266 g/mol. The molecule has 5 heteroatoms. The quantitative estimate of drug-likeness (QED) is 0.711. The highest BCUT2D eigenvalue weighted by atomic mass is 16.5. The lowest BCUT2D eigenvalue weighted by atomic mass is 10.3. The number of amides is 2. The van der Waals surface area contributed by atoms with Crippen molar-refractivity contribution in [2.75, 3.05) is 32.2 Å². The highest BCUT2D eigenvalue weighted by Crippen LogP contribution is 2.23. The highest BCUT2D eigenvalue weighted by Gasteiger charge is 2.06. The number of methoxy groups -OCH3 is 1. The molecule has 0 saturated heterocycles. The molecular formula is C14H22N2O3.